The van der Waals surface area contributed by atoms with E-state index < -0.39 is 0 Å². The van der Waals surface area contributed by atoms with Crippen molar-refractivity contribution < 1.29 is 4.74 Å². The first kappa shape index (κ1) is 19.6. The van der Waals surface area contributed by atoms with Gasteiger partial charge in [0.1, 0.15) is 11.6 Å². The number of ether oxygens (including phenoxy) is 1. The van der Waals surface area contributed by atoms with Crippen LogP contribution in [0.25, 0.3) is 0 Å². The number of methoxy groups -OCH3 is 1. The molecule has 0 bridgehead atoms. The molecule has 0 aliphatic carbocycles. The highest BCUT2D eigenvalue weighted by atomic mass is 16.5. The lowest BCUT2D eigenvalue weighted by Gasteiger charge is -2.19. The van der Waals surface area contributed by atoms with Gasteiger partial charge in [-0.05, 0) is 43.2 Å². The fourth-order valence-electron chi connectivity index (χ4n) is 2.59. The zero-order chi connectivity index (χ0) is 18.8. The van der Waals surface area contributed by atoms with Gasteiger partial charge in [0.25, 0.3) is 0 Å². The van der Waals surface area contributed by atoms with Crippen molar-refractivity contribution in [3.8, 4) is 5.75 Å². The van der Waals surface area contributed by atoms with Gasteiger partial charge in [-0.2, -0.15) is 0 Å². The maximum absolute atomic E-state index is 5.18. The third-order valence-electron chi connectivity index (χ3n) is 4.20. The number of pyridine rings is 1. The molecule has 0 radical (unpaired) electrons. The number of guanidine groups is 1. The average molecular weight is 355 g/mol. The van der Waals surface area contributed by atoms with E-state index >= 15 is 0 Å². The molecule has 1 aromatic heterocycles. The number of hydrogen-bond donors (Lipinski definition) is 2. The molecule has 1 heterocycles. The fourth-order valence-corrected chi connectivity index (χ4v) is 2.59. The summed E-state index contributed by atoms with van der Waals surface area (Å²) < 4.78 is 5.18. The van der Waals surface area contributed by atoms with Gasteiger partial charge in [-0.15, -0.1) is 0 Å². The second-order valence-electron chi connectivity index (χ2n) is 5.82. The Kier molecular flexibility index (Phi) is 7.74. The van der Waals surface area contributed by atoms with E-state index in [0.29, 0.717) is 13.1 Å². The summed E-state index contributed by atoms with van der Waals surface area (Å²) in [6.07, 6.45) is 1.91. The molecule has 0 fully saturated rings. The summed E-state index contributed by atoms with van der Waals surface area (Å²) in [6.45, 7) is 7.57. The van der Waals surface area contributed by atoms with E-state index in [1.165, 1.54) is 5.56 Å². The highest BCUT2D eigenvalue weighted by Crippen LogP contribution is 2.11. The van der Waals surface area contributed by atoms with Crippen LogP contribution < -0.4 is 20.3 Å². The molecule has 2 N–H and O–H groups in total. The molecule has 26 heavy (non-hydrogen) atoms. The SMILES string of the molecule is CCN(CC)c1ccc(CNC(=NC)NCc2ccc(OC)cc2)cn1. The molecule has 0 unspecified atom stereocenters. The first-order valence-electron chi connectivity index (χ1n) is 8.97. The Morgan fingerprint density at radius 3 is 2.12 bits per heavy atom. The Hall–Kier alpha value is -2.76. The van der Waals surface area contributed by atoms with E-state index in [2.05, 4.69) is 51.5 Å². The molecule has 0 aliphatic rings. The van der Waals surface area contributed by atoms with Crippen molar-refractivity contribution in [3.05, 3.63) is 53.7 Å². The van der Waals surface area contributed by atoms with E-state index in [9.17, 15) is 0 Å². The van der Waals surface area contributed by atoms with Crippen LogP contribution in [0.1, 0.15) is 25.0 Å². The minimum Gasteiger partial charge on any atom is -0.497 e. The summed E-state index contributed by atoms with van der Waals surface area (Å²) >= 11 is 0. The third-order valence-corrected chi connectivity index (χ3v) is 4.20. The lowest BCUT2D eigenvalue weighted by molar-refractivity contribution is 0.414. The number of nitrogens with one attached hydrogen (secondary N) is 2. The summed E-state index contributed by atoms with van der Waals surface area (Å²) in [7, 11) is 3.44. The largest absolute Gasteiger partial charge is 0.497 e. The van der Waals surface area contributed by atoms with Crippen LogP contribution in [-0.4, -0.2) is 38.2 Å². The summed E-state index contributed by atoms with van der Waals surface area (Å²) in [4.78, 5) is 11.0. The van der Waals surface area contributed by atoms with Gasteiger partial charge >= 0.3 is 0 Å². The molecule has 6 heteroatoms. The van der Waals surface area contributed by atoms with E-state index in [-0.39, 0.29) is 0 Å². The molecule has 0 spiro atoms. The highest BCUT2D eigenvalue weighted by Gasteiger charge is 2.04. The van der Waals surface area contributed by atoms with Crippen LogP contribution in [0.5, 0.6) is 5.75 Å². The molecule has 0 saturated heterocycles. The Labute approximate surface area is 156 Å². The molecular formula is C20H29N5O. The highest BCUT2D eigenvalue weighted by molar-refractivity contribution is 5.79. The van der Waals surface area contributed by atoms with Crippen molar-refractivity contribution in [1.29, 1.82) is 0 Å². The average Bonchev–Trinajstić information content (AvgIpc) is 2.70. The standard InChI is InChI=1S/C20H29N5O/c1-5-25(6-2)19-12-9-17(14-22-19)15-24-20(21-3)23-13-16-7-10-18(26-4)11-8-16/h7-12,14H,5-6,13,15H2,1-4H3,(H2,21,23,24). The zero-order valence-electron chi connectivity index (χ0n) is 16.1. The number of nitrogens with zero attached hydrogens (tertiary/aromatic N) is 3. The molecule has 0 atom stereocenters. The Morgan fingerprint density at radius 2 is 1.62 bits per heavy atom. The summed E-state index contributed by atoms with van der Waals surface area (Å²) in [5.41, 5.74) is 2.28. The number of aliphatic imine (C=N–C) groups is 1. The molecule has 0 amide bonds. The van der Waals surface area contributed by atoms with E-state index in [1.807, 2.05) is 30.5 Å². The van der Waals surface area contributed by atoms with Gasteiger partial charge in [0.15, 0.2) is 5.96 Å². The number of hydrogen-bond acceptors (Lipinski definition) is 4. The number of anilines is 1. The Balaban J connectivity index is 1.84. The van der Waals surface area contributed by atoms with Crippen molar-refractivity contribution in [3.63, 3.8) is 0 Å². The smallest absolute Gasteiger partial charge is 0.191 e. The zero-order valence-corrected chi connectivity index (χ0v) is 16.1. The van der Waals surface area contributed by atoms with Crippen molar-refractivity contribution in [2.24, 2.45) is 4.99 Å². The first-order chi connectivity index (χ1) is 12.7. The lowest BCUT2D eigenvalue weighted by Crippen LogP contribution is -2.36. The van der Waals surface area contributed by atoms with Gasteiger partial charge in [0.05, 0.1) is 7.11 Å². The van der Waals surface area contributed by atoms with Gasteiger partial charge in [0, 0.05) is 39.4 Å². The summed E-state index contributed by atoms with van der Waals surface area (Å²) in [6, 6.07) is 12.2. The van der Waals surface area contributed by atoms with Gasteiger partial charge < -0.3 is 20.3 Å². The van der Waals surface area contributed by atoms with E-state index in [4.69, 9.17) is 4.74 Å². The predicted octanol–water partition coefficient (Wildman–Crippen LogP) is 2.80. The van der Waals surface area contributed by atoms with E-state index in [0.717, 1.165) is 36.2 Å². The number of benzene rings is 1. The summed E-state index contributed by atoms with van der Waals surface area (Å²) in [5, 5.41) is 6.63. The molecule has 2 rings (SSSR count). The van der Waals surface area contributed by atoms with Crippen molar-refractivity contribution >= 4 is 11.8 Å². The molecular weight excluding hydrogens is 326 g/mol. The van der Waals surface area contributed by atoms with Crippen LogP contribution in [0, 0.1) is 0 Å². The van der Waals surface area contributed by atoms with Crippen LogP contribution in [-0.2, 0) is 13.1 Å². The minimum atomic E-state index is 0.674. The van der Waals surface area contributed by atoms with Crippen LogP contribution in [0.15, 0.2) is 47.6 Å². The quantitative estimate of drug-likeness (QED) is 0.563. The van der Waals surface area contributed by atoms with Crippen molar-refractivity contribution in [1.82, 2.24) is 15.6 Å². The maximum atomic E-state index is 5.18. The van der Waals surface area contributed by atoms with Gasteiger partial charge in [-0.3, -0.25) is 4.99 Å². The third kappa shape index (κ3) is 5.65. The fraction of sp³-hybridized carbons (Fsp3) is 0.400. The maximum Gasteiger partial charge on any atom is 0.191 e. The summed E-state index contributed by atoms with van der Waals surface area (Å²) in [5.74, 6) is 2.63. The molecule has 6 nitrogen and oxygen atoms in total. The Bertz CT molecular complexity index is 678. The predicted molar refractivity (Wildman–Crippen MR) is 108 cm³/mol. The van der Waals surface area contributed by atoms with Gasteiger partial charge in [-0.25, -0.2) is 4.98 Å². The minimum absolute atomic E-state index is 0.674. The number of aromatic nitrogens is 1. The van der Waals surface area contributed by atoms with Crippen LogP contribution in [0.4, 0.5) is 5.82 Å². The van der Waals surface area contributed by atoms with Gasteiger partial charge in [0.2, 0.25) is 0 Å². The molecule has 2 aromatic rings. The second kappa shape index (κ2) is 10.3. The van der Waals surface area contributed by atoms with Crippen molar-refractivity contribution in [2.75, 3.05) is 32.1 Å². The van der Waals surface area contributed by atoms with Gasteiger partial charge in [-0.1, -0.05) is 18.2 Å². The lowest BCUT2D eigenvalue weighted by atomic mass is 10.2. The van der Waals surface area contributed by atoms with Crippen LogP contribution in [0.3, 0.4) is 0 Å². The molecule has 0 aliphatic heterocycles. The van der Waals surface area contributed by atoms with Crippen LogP contribution in [0.2, 0.25) is 0 Å². The van der Waals surface area contributed by atoms with Crippen molar-refractivity contribution in [2.45, 2.75) is 26.9 Å². The number of rotatable bonds is 8. The van der Waals surface area contributed by atoms with Crippen LogP contribution >= 0.6 is 0 Å². The Morgan fingerprint density at radius 1 is 1.00 bits per heavy atom. The molecule has 140 valence electrons. The molecule has 0 saturated carbocycles. The first-order valence-corrected chi connectivity index (χ1v) is 8.97. The topological polar surface area (TPSA) is 61.8 Å². The molecule has 1 aromatic carbocycles. The normalized spacial score (nSPS) is 11.2. The second-order valence-corrected chi connectivity index (χ2v) is 5.82. The van der Waals surface area contributed by atoms with E-state index in [1.54, 1.807) is 14.2 Å². The monoisotopic (exact) mass is 355 g/mol.